The van der Waals surface area contributed by atoms with Crippen LogP contribution < -0.4 is 5.32 Å². The molecule has 0 radical (unpaired) electrons. The Labute approximate surface area is 162 Å². The molecule has 0 saturated heterocycles. The van der Waals surface area contributed by atoms with E-state index in [-0.39, 0.29) is 11.8 Å². The van der Waals surface area contributed by atoms with Gasteiger partial charge in [-0.3, -0.25) is 19.8 Å². The van der Waals surface area contributed by atoms with E-state index in [2.05, 4.69) is 22.1 Å². The molecule has 1 aromatic carbocycles. The van der Waals surface area contributed by atoms with Gasteiger partial charge in [-0.1, -0.05) is 55.4 Å². The number of rotatable bonds is 4. The fourth-order valence-electron chi connectivity index (χ4n) is 3.84. The third-order valence-corrected chi connectivity index (χ3v) is 6.37. The fourth-order valence-corrected chi connectivity index (χ4v) is 4.76. The molecule has 0 spiro atoms. The zero-order valence-electron chi connectivity index (χ0n) is 15.3. The summed E-state index contributed by atoms with van der Waals surface area (Å²) in [6.07, 6.45) is 6.01. The number of benzene rings is 1. The molecule has 6 nitrogen and oxygen atoms in total. The van der Waals surface area contributed by atoms with Crippen LogP contribution in [0.3, 0.4) is 0 Å². The van der Waals surface area contributed by atoms with Gasteiger partial charge in [0.15, 0.2) is 0 Å². The maximum Gasteiger partial charge on any atom is 0.259 e. The normalized spacial score (nSPS) is 18.5. The van der Waals surface area contributed by atoms with Crippen LogP contribution in [0, 0.1) is 0 Å². The van der Waals surface area contributed by atoms with Crippen molar-refractivity contribution >= 4 is 34.0 Å². The van der Waals surface area contributed by atoms with Gasteiger partial charge in [-0.2, -0.15) is 0 Å². The van der Waals surface area contributed by atoms with Crippen molar-refractivity contribution in [2.75, 3.05) is 5.32 Å². The van der Waals surface area contributed by atoms with Crippen molar-refractivity contribution in [2.24, 2.45) is 0 Å². The van der Waals surface area contributed by atoms with Crippen LogP contribution in [0.1, 0.15) is 65.9 Å². The predicted molar refractivity (Wildman–Crippen MR) is 105 cm³/mol. The lowest BCUT2D eigenvalue weighted by Gasteiger charge is -2.24. The maximum absolute atomic E-state index is 12.7. The average molecular weight is 382 g/mol. The molecule has 1 fully saturated rings. The van der Waals surface area contributed by atoms with Crippen molar-refractivity contribution in [1.82, 2.24) is 15.1 Å². The van der Waals surface area contributed by atoms with Crippen LogP contribution in [-0.2, 0) is 4.79 Å². The Kier molecular flexibility index (Phi) is 4.78. The standard InChI is InChI=1S/C20H22N4O2S/c1-12-15-10-6-7-11-16(15)19(26)24(12)13(2)17(25)21-20-23-22-18(27-20)14-8-4-3-5-9-14/h6-7,10-11,13-14H,1,3-5,8-9H2,2H3,(H,21,23,25)/t13-/m1/s1. The van der Waals surface area contributed by atoms with E-state index in [1.165, 1.54) is 35.5 Å². The molecule has 2 aliphatic rings. The zero-order chi connectivity index (χ0) is 19.0. The molecule has 1 N–H and O–H groups in total. The van der Waals surface area contributed by atoms with Gasteiger partial charge in [-0.25, -0.2) is 0 Å². The van der Waals surface area contributed by atoms with Gasteiger partial charge >= 0.3 is 0 Å². The molecule has 2 heterocycles. The monoisotopic (exact) mass is 382 g/mol. The van der Waals surface area contributed by atoms with Crippen LogP contribution in [0.15, 0.2) is 30.8 Å². The van der Waals surface area contributed by atoms with Gasteiger partial charge in [0.05, 0.1) is 0 Å². The van der Waals surface area contributed by atoms with E-state index in [0.717, 1.165) is 23.4 Å². The number of carbonyl (C=O) groups is 2. The number of hydrogen-bond acceptors (Lipinski definition) is 5. The highest BCUT2D eigenvalue weighted by Crippen LogP contribution is 2.36. The summed E-state index contributed by atoms with van der Waals surface area (Å²) in [4.78, 5) is 26.8. The molecule has 1 saturated carbocycles. The first-order valence-corrected chi connectivity index (χ1v) is 10.1. The summed E-state index contributed by atoms with van der Waals surface area (Å²) in [7, 11) is 0. The summed E-state index contributed by atoms with van der Waals surface area (Å²) in [5.41, 5.74) is 1.91. The molecule has 4 rings (SSSR count). The number of carbonyl (C=O) groups excluding carboxylic acids is 2. The lowest BCUT2D eigenvalue weighted by Crippen LogP contribution is -2.41. The van der Waals surface area contributed by atoms with Gasteiger partial charge in [-0.05, 0) is 25.8 Å². The molecule has 1 aliphatic heterocycles. The van der Waals surface area contributed by atoms with E-state index in [4.69, 9.17) is 0 Å². The number of hydrogen-bond donors (Lipinski definition) is 1. The van der Waals surface area contributed by atoms with Crippen LogP contribution in [0.25, 0.3) is 5.70 Å². The Bertz CT molecular complexity index is 866. The number of nitrogens with one attached hydrogen (secondary N) is 1. The third kappa shape index (κ3) is 3.27. The Balaban J connectivity index is 1.45. The minimum absolute atomic E-state index is 0.196. The number of nitrogens with zero attached hydrogens (tertiary/aromatic N) is 3. The summed E-state index contributed by atoms with van der Waals surface area (Å²) < 4.78 is 0. The minimum atomic E-state index is -0.681. The maximum atomic E-state index is 12.7. The molecule has 1 aliphatic carbocycles. The van der Waals surface area contributed by atoms with Crippen molar-refractivity contribution in [1.29, 1.82) is 0 Å². The predicted octanol–water partition coefficient (Wildman–Crippen LogP) is 4.04. The smallest absolute Gasteiger partial charge is 0.259 e. The average Bonchev–Trinajstić information content (AvgIpc) is 3.26. The van der Waals surface area contributed by atoms with E-state index >= 15 is 0 Å². The minimum Gasteiger partial charge on any atom is -0.299 e. The van der Waals surface area contributed by atoms with Crippen LogP contribution in [0.2, 0.25) is 0 Å². The number of fused-ring (bicyclic) bond motifs is 1. The first kappa shape index (κ1) is 17.9. The van der Waals surface area contributed by atoms with Crippen LogP contribution >= 0.6 is 11.3 Å². The highest BCUT2D eigenvalue weighted by atomic mass is 32.1. The molecule has 27 heavy (non-hydrogen) atoms. The molecular formula is C20H22N4O2S. The summed E-state index contributed by atoms with van der Waals surface area (Å²) in [6.45, 7) is 5.70. The molecule has 2 amide bonds. The van der Waals surface area contributed by atoms with Gasteiger partial charge < -0.3 is 0 Å². The molecule has 140 valence electrons. The summed E-state index contributed by atoms with van der Waals surface area (Å²) in [5, 5.41) is 12.7. The van der Waals surface area contributed by atoms with E-state index in [9.17, 15) is 9.59 Å². The van der Waals surface area contributed by atoms with Gasteiger partial charge in [0, 0.05) is 22.7 Å². The lowest BCUT2D eigenvalue weighted by molar-refractivity contribution is -0.119. The highest BCUT2D eigenvalue weighted by Gasteiger charge is 2.37. The van der Waals surface area contributed by atoms with Gasteiger partial charge in [0.1, 0.15) is 11.0 Å². The lowest BCUT2D eigenvalue weighted by atomic mass is 9.90. The first-order valence-electron chi connectivity index (χ1n) is 9.32. The number of aromatic nitrogens is 2. The van der Waals surface area contributed by atoms with Gasteiger partial charge in [-0.15, -0.1) is 10.2 Å². The van der Waals surface area contributed by atoms with Crippen molar-refractivity contribution < 1.29 is 9.59 Å². The van der Waals surface area contributed by atoms with Crippen molar-refractivity contribution in [3.63, 3.8) is 0 Å². The summed E-state index contributed by atoms with van der Waals surface area (Å²) >= 11 is 1.44. The Morgan fingerprint density at radius 3 is 2.63 bits per heavy atom. The molecule has 7 heteroatoms. The largest absolute Gasteiger partial charge is 0.299 e. The molecule has 1 atom stereocenters. The second-order valence-corrected chi connectivity index (χ2v) is 8.12. The second kappa shape index (κ2) is 7.23. The Morgan fingerprint density at radius 1 is 1.22 bits per heavy atom. The van der Waals surface area contributed by atoms with E-state index in [1.807, 2.05) is 18.2 Å². The quantitative estimate of drug-likeness (QED) is 0.866. The molecular weight excluding hydrogens is 360 g/mol. The van der Waals surface area contributed by atoms with E-state index in [1.54, 1.807) is 13.0 Å². The molecule has 1 aromatic heterocycles. The molecule has 2 aromatic rings. The van der Waals surface area contributed by atoms with E-state index in [0.29, 0.717) is 22.3 Å². The first-order chi connectivity index (χ1) is 13.1. The SMILES string of the molecule is C=C1c2ccccc2C(=O)N1[C@H](C)C(=O)Nc1nnc(C2CCCCC2)s1. The van der Waals surface area contributed by atoms with Crippen LogP contribution in [0.4, 0.5) is 5.13 Å². The van der Waals surface area contributed by atoms with Crippen LogP contribution in [-0.4, -0.2) is 33.0 Å². The van der Waals surface area contributed by atoms with Crippen molar-refractivity contribution in [2.45, 2.75) is 51.0 Å². The third-order valence-electron chi connectivity index (χ3n) is 5.37. The van der Waals surface area contributed by atoms with Crippen molar-refractivity contribution in [3.05, 3.63) is 47.0 Å². The molecule has 0 unspecified atom stereocenters. The van der Waals surface area contributed by atoms with E-state index < -0.39 is 6.04 Å². The Hall–Kier alpha value is -2.54. The second-order valence-electron chi connectivity index (χ2n) is 7.11. The van der Waals surface area contributed by atoms with Crippen LogP contribution in [0.5, 0.6) is 0 Å². The molecule has 0 bridgehead atoms. The number of anilines is 1. The van der Waals surface area contributed by atoms with Gasteiger partial charge in [0.25, 0.3) is 5.91 Å². The number of amides is 2. The Morgan fingerprint density at radius 2 is 1.93 bits per heavy atom. The fraction of sp³-hybridized carbons (Fsp3) is 0.400. The highest BCUT2D eigenvalue weighted by molar-refractivity contribution is 7.15. The zero-order valence-corrected chi connectivity index (χ0v) is 16.1. The van der Waals surface area contributed by atoms with Gasteiger partial charge in [0.2, 0.25) is 11.0 Å². The van der Waals surface area contributed by atoms with Crippen molar-refractivity contribution in [3.8, 4) is 0 Å². The topological polar surface area (TPSA) is 75.2 Å². The summed E-state index contributed by atoms with van der Waals surface area (Å²) in [5.74, 6) is -0.0316. The summed E-state index contributed by atoms with van der Waals surface area (Å²) in [6, 6.07) is 6.60.